The summed E-state index contributed by atoms with van der Waals surface area (Å²) in [5, 5.41) is 0. The SMILES string of the molecule is CC(C)(C)O[SiH3].CCC(C)c1ccccc1-c1ccccc1. The highest BCUT2D eigenvalue weighted by Gasteiger charge is 2.09. The Balaban J connectivity index is 0.000000346. The first-order chi connectivity index (χ1) is 10.4. The molecule has 0 N–H and O–H groups in total. The summed E-state index contributed by atoms with van der Waals surface area (Å²) in [6.07, 6.45) is 1.18. The molecule has 1 atom stereocenters. The molecule has 0 aliphatic carbocycles. The molecular weight excluding hydrogens is 284 g/mol. The highest BCUT2D eigenvalue weighted by atomic mass is 28.2. The fraction of sp³-hybridized carbons (Fsp3) is 0.400. The fourth-order valence-corrected chi connectivity index (χ4v) is 2.03. The maximum Gasteiger partial charge on any atom is 0.146 e. The Labute approximate surface area is 139 Å². The van der Waals surface area contributed by atoms with Gasteiger partial charge in [-0.25, -0.2) is 0 Å². The van der Waals surface area contributed by atoms with Gasteiger partial charge in [0.05, 0.1) is 0 Å². The topological polar surface area (TPSA) is 9.23 Å². The lowest BCUT2D eigenvalue weighted by molar-refractivity contribution is 0.147. The van der Waals surface area contributed by atoms with Crippen molar-refractivity contribution in [2.24, 2.45) is 0 Å². The van der Waals surface area contributed by atoms with E-state index >= 15 is 0 Å². The summed E-state index contributed by atoms with van der Waals surface area (Å²) in [6, 6.07) is 19.3. The highest BCUT2D eigenvalue weighted by molar-refractivity contribution is 5.98. The molecule has 0 aliphatic heterocycles. The van der Waals surface area contributed by atoms with Gasteiger partial charge in [-0.1, -0.05) is 68.4 Å². The van der Waals surface area contributed by atoms with Gasteiger partial charge in [-0.3, -0.25) is 0 Å². The standard InChI is InChI=1S/C16H18.C4H12OSi/c1-3-13(2)15-11-7-8-12-16(15)14-9-5-4-6-10-14;1-4(2,3)5-6/h4-13H,3H2,1-2H3;1-3,6H3. The molecule has 0 aromatic heterocycles. The molecule has 0 heterocycles. The van der Waals surface area contributed by atoms with Crippen molar-refractivity contribution in [1.29, 1.82) is 0 Å². The van der Waals surface area contributed by atoms with Gasteiger partial charge < -0.3 is 4.43 Å². The van der Waals surface area contributed by atoms with Gasteiger partial charge in [0.1, 0.15) is 10.5 Å². The van der Waals surface area contributed by atoms with Crippen LogP contribution in [-0.4, -0.2) is 16.1 Å². The normalized spacial score (nSPS) is 12.4. The monoisotopic (exact) mass is 314 g/mol. The summed E-state index contributed by atoms with van der Waals surface area (Å²) in [5.74, 6) is 0.622. The molecule has 120 valence electrons. The van der Waals surface area contributed by atoms with Gasteiger partial charge in [-0.05, 0) is 49.8 Å². The van der Waals surface area contributed by atoms with Gasteiger partial charge in [0.25, 0.3) is 0 Å². The van der Waals surface area contributed by atoms with Crippen LogP contribution in [0, 0.1) is 0 Å². The van der Waals surface area contributed by atoms with Crippen molar-refractivity contribution in [1.82, 2.24) is 0 Å². The number of rotatable bonds is 3. The molecule has 2 aromatic rings. The molecule has 0 saturated heterocycles. The van der Waals surface area contributed by atoms with Gasteiger partial charge in [-0.2, -0.15) is 0 Å². The Kier molecular flexibility index (Phi) is 7.56. The van der Waals surface area contributed by atoms with Crippen LogP contribution in [0.25, 0.3) is 11.1 Å². The third-order valence-corrected chi connectivity index (χ3v) is 5.03. The van der Waals surface area contributed by atoms with E-state index in [0.29, 0.717) is 5.92 Å². The molecule has 0 spiro atoms. The van der Waals surface area contributed by atoms with E-state index in [1.165, 1.54) is 23.1 Å². The van der Waals surface area contributed by atoms with Crippen molar-refractivity contribution >= 4 is 10.5 Å². The van der Waals surface area contributed by atoms with Gasteiger partial charge in [-0.15, -0.1) is 0 Å². The largest absolute Gasteiger partial charge is 0.423 e. The van der Waals surface area contributed by atoms with Gasteiger partial charge >= 0.3 is 0 Å². The first-order valence-corrected chi connectivity index (χ1v) is 8.90. The third-order valence-electron chi connectivity index (χ3n) is 3.80. The highest BCUT2D eigenvalue weighted by Crippen LogP contribution is 2.30. The Morgan fingerprint density at radius 1 is 0.955 bits per heavy atom. The minimum absolute atomic E-state index is 0.103. The second-order valence-corrected chi connectivity index (χ2v) is 6.99. The van der Waals surface area contributed by atoms with Crippen LogP contribution >= 0.6 is 0 Å². The van der Waals surface area contributed by atoms with Crippen molar-refractivity contribution in [3.63, 3.8) is 0 Å². The van der Waals surface area contributed by atoms with Gasteiger partial charge in [0, 0.05) is 5.60 Å². The molecule has 0 fully saturated rings. The third kappa shape index (κ3) is 6.16. The van der Waals surface area contributed by atoms with Crippen LogP contribution in [0.1, 0.15) is 52.5 Å². The smallest absolute Gasteiger partial charge is 0.146 e. The number of hydrogen-bond donors (Lipinski definition) is 0. The lowest BCUT2D eigenvalue weighted by Crippen LogP contribution is -2.16. The molecule has 0 aliphatic rings. The van der Waals surface area contributed by atoms with E-state index in [4.69, 9.17) is 4.43 Å². The van der Waals surface area contributed by atoms with E-state index in [9.17, 15) is 0 Å². The molecule has 0 bridgehead atoms. The Morgan fingerprint density at radius 3 is 1.95 bits per heavy atom. The van der Waals surface area contributed by atoms with E-state index < -0.39 is 0 Å². The molecular formula is C20H30OSi. The van der Waals surface area contributed by atoms with Crippen molar-refractivity contribution in [3.8, 4) is 11.1 Å². The molecule has 1 nitrogen and oxygen atoms in total. The van der Waals surface area contributed by atoms with Crippen LogP contribution in [0.2, 0.25) is 0 Å². The van der Waals surface area contributed by atoms with Crippen LogP contribution in [0.15, 0.2) is 54.6 Å². The van der Waals surface area contributed by atoms with Crippen molar-refractivity contribution in [2.45, 2.75) is 52.6 Å². The summed E-state index contributed by atoms with van der Waals surface area (Å²) in [7, 11) is 0.848. The van der Waals surface area contributed by atoms with Crippen LogP contribution in [0.5, 0.6) is 0 Å². The molecule has 1 unspecified atom stereocenters. The molecule has 0 saturated carbocycles. The van der Waals surface area contributed by atoms with E-state index in [-0.39, 0.29) is 5.60 Å². The zero-order chi connectivity index (χ0) is 16.6. The summed E-state index contributed by atoms with van der Waals surface area (Å²) >= 11 is 0. The van der Waals surface area contributed by atoms with Crippen LogP contribution in [0.3, 0.4) is 0 Å². The van der Waals surface area contributed by atoms with E-state index in [0.717, 1.165) is 10.5 Å². The molecule has 0 amide bonds. The lowest BCUT2D eigenvalue weighted by atomic mass is 9.90. The lowest BCUT2D eigenvalue weighted by Gasteiger charge is -2.15. The summed E-state index contributed by atoms with van der Waals surface area (Å²) in [5.41, 5.74) is 4.25. The van der Waals surface area contributed by atoms with Gasteiger partial charge in [0.15, 0.2) is 0 Å². The maximum absolute atomic E-state index is 5.08. The zero-order valence-corrected chi connectivity index (χ0v) is 16.9. The minimum Gasteiger partial charge on any atom is -0.423 e. The quantitative estimate of drug-likeness (QED) is 0.728. The molecule has 2 aromatic carbocycles. The Morgan fingerprint density at radius 2 is 1.45 bits per heavy atom. The van der Waals surface area contributed by atoms with Crippen LogP contribution in [-0.2, 0) is 4.43 Å². The predicted octanol–water partition coefficient (Wildman–Crippen LogP) is 4.95. The molecule has 2 rings (SSSR count). The van der Waals surface area contributed by atoms with Crippen molar-refractivity contribution in [2.75, 3.05) is 0 Å². The zero-order valence-electron chi connectivity index (χ0n) is 14.9. The van der Waals surface area contributed by atoms with E-state index in [1.807, 2.05) is 0 Å². The van der Waals surface area contributed by atoms with E-state index in [2.05, 4.69) is 89.2 Å². The van der Waals surface area contributed by atoms with E-state index in [1.54, 1.807) is 0 Å². The Hall–Kier alpha value is -1.38. The number of benzene rings is 2. The van der Waals surface area contributed by atoms with Crippen molar-refractivity contribution < 1.29 is 4.43 Å². The molecule has 22 heavy (non-hydrogen) atoms. The Bertz CT molecular complexity index is 543. The second kappa shape index (κ2) is 8.91. The molecule has 0 radical (unpaired) electrons. The first-order valence-electron chi connectivity index (χ1n) is 8.08. The average molecular weight is 315 g/mol. The number of hydrogen-bond acceptors (Lipinski definition) is 1. The molecule has 2 heteroatoms. The van der Waals surface area contributed by atoms with Gasteiger partial charge in [0.2, 0.25) is 0 Å². The predicted molar refractivity (Wildman–Crippen MR) is 101 cm³/mol. The average Bonchev–Trinajstić information content (AvgIpc) is 2.55. The fourth-order valence-electron chi connectivity index (χ4n) is 2.03. The second-order valence-electron chi connectivity index (χ2n) is 6.58. The van der Waals surface area contributed by atoms with Crippen molar-refractivity contribution in [3.05, 3.63) is 60.2 Å². The summed E-state index contributed by atoms with van der Waals surface area (Å²) in [6.45, 7) is 10.7. The minimum atomic E-state index is 0.103. The van der Waals surface area contributed by atoms with Crippen LogP contribution in [0.4, 0.5) is 0 Å². The summed E-state index contributed by atoms with van der Waals surface area (Å²) in [4.78, 5) is 0. The van der Waals surface area contributed by atoms with Crippen LogP contribution < -0.4 is 0 Å². The summed E-state index contributed by atoms with van der Waals surface area (Å²) < 4.78 is 5.08. The maximum atomic E-state index is 5.08. The first kappa shape index (κ1) is 18.7.